The molecule has 0 unspecified atom stereocenters. The van der Waals surface area contributed by atoms with E-state index in [0.29, 0.717) is 0 Å². The van der Waals surface area contributed by atoms with E-state index >= 15 is 0 Å². The predicted molar refractivity (Wildman–Crippen MR) is 67.6 cm³/mol. The number of hydrogen-bond donors (Lipinski definition) is 1. The molecule has 2 rings (SSSR count). The molecule has 2 aromatic rings. The van der Waals surface area contributed by atoms with Crippen molar-refractivity contribution in [1.29, 1.82) is 0 Å². The van der Waals surface area contributed by atoms with Crippen molar-refractivity contribution in [2.24, 2.45) is 0 Å². The number of rotatable bonds is 2. The second kappa shape index (κ2) is 4.27. The van der Waals surface area contributed by atoms with Crippen molar-refractivity contribution in [2.75, 3.05) is 12.8 Å². The number of benzene rings is 2. The van der Waals surface area contributed by atoms with Crippen LogP contribution in [0.5, 0.6) is 5.75 Å². The van der Waals surface area contributed by atoms with E-state index in [0.717, 1.165) is 17.0 Å². The molecule has 0 atom stereocenters. The van der Waals surface area contributed by atoms with Crippen LogP contribution in [0.4, 0.5) is 5.69 Å². The zero-order valence-electron chi connectivity index (χ0n) is 9.53. The lowest BCUT2D eigenvalue weighted by atomic mass is 10.0. The Balaban J connectivity index is 2.38. The fourth-order valence-corrected chi connectivity index (χ4v) is 1.64. The average molecular weight is 213 g/mol. The molecule has 0 aliphatic rings. The van der Waals surface area contributed by atoms with Crippen molar-refractivity contribution in [3.63, 3.8) is 0 Å². The van der Waals surface area contributed by atoms with Gasteiger partial charge in [-0.1, -0.05) is 18.2 Å². The topological polar surface area (TPSA) is 35.2 Å². The lowest BCUT2D eigenvalue weighted by Crippen LogP contribution is -1.89. The summed E-state index contributed by atoms with van der Waals surface area (Å²) in [7, 11) is 1.67. The Kier molecular flexibility index (Phi) is 2.82. The van der Waals surface area contributed by atoms with Crippen LogP contribution >= 0.6 is 0 Å². The highest BCUT2D eigenvalue weighted by Crippen LogP contribution is 2.25. The molecule has 2 nitrogen and oxygen atoms in total. The van der Waals surface area contributed by atoms with Gasteiger partial charge in [0.15, 0.2) is 0 Å². The fourth-order valence-electron chi connectivity index (χ4n) is 1.64. The van der Waals surface area contributed by atoms with E-state index in [2.05, 4.69) is 6.07 Å². The first-order valence-corrected chi connectivity index (χ1v) is 5.21. The lowest BCUT2D eigenvalue weighted by molar-refractivity contribution is 0.415. The molecule has 0 spiro atoms. The molecule has 2 heteroatoms. The molecule has 82 valence electrons. The van der Waals surface area contributed by atoms with Gasteiger partial charge in [0, 0.05) is 5.69 Å². The Labute approximate surface area is 95.7 Å². The van der Waals surface area contributed by atoms with Gasteiger partial charge in [-0.2, -0.15) is 0 Å². The molecule has 2 N–H and O–H groups in total. The number of aryl methyl sites for hydroxylation is 1. The molecule has 0 saturated carbocycles. The summed E-state index contributed by atoms with van der Waals surface area (Å²) in [6, 6.07) is 14.1. The monoisotopic (exact) mass is 213 g/mol. The third-order valence-electron chi connectivity index (χ3n) is 2.69. The molecule has 0 aromatic heterocycles. The highest BCUT2D eigenvalue weighted by molar-refractivity contribution is 5.68. The summed E-state index contributed by atoms with van der Waals surface area (Å²) in [6.07, 6.45) is 0. The third kappa shape index (κ3) is 2.01. The second-order valence-corrected chi connectivity index (χ2v) is 3.80. The predicted octanol–water partition coefficient (Wildman–Crippen LogP) is 3.25. The van der Waals surface area contributed by atoms with Gasteiger partial charge in [0.1, 0.15) is 5.75 Å². The number of ether oxygens (including phenoxy) is 1. The van der Waals surface area contributed by atoms with Gasteiger partial charge < -0.3 is 10.5 Å². The molecule has 0 fully saturated rings. The van der Waals surface area contributed by atoms with Gasteiger partial charge in [0.05, 0.1) is 7.11 Å². The van der Waals surface area contributed by atoms with Crippen molar-refractivity contribution >= 4 is 5.69 Å². The Morgan fingerprint density at radius 1 is 0.938 bits per heavy atom. The van der Waals surface area contributed by atoms with E-state index in [1.807, 2.05) is 43.3 Å². The molecule has 0 bridgehead atoms. The molecule has 0 amide bonds. The van der Waals surface area contributed by atoms with Crippen LogP contribution in [0.3, 0.4) is 0 Å². The summed E-state index contributed by atoms with van der Waals surface area (Å²) in [6.45, 7) is 2.02. The third-order valence-corrected chi connectivity index (χ3v) is 2.69. The standard InChI is InChI=1S/C14H15NO/c1-10-9-12(5-8-14(10)15)11-3-6-13(16-2)7-4-11/h3-9H,15H2,1-2H3. The minimum atomic E-state index is 0.831. The fraction of sp³-hybridized carbons (Fsp3) is 0.143. The second-order valence-electron chi connectivity index (χ2n) is 3.80. The first-order valence-electron chi connectivity index (χ1n) is 5.21. The van der Waals surface area contributed by atoms with Crippen LogP contribution in [-0.2, 0) is 0 Å². The van der Waals surface area contributed by atoms with Crippen molar-refractivity contribution in [1.82, 2.24) is 0 Å². The summed E-state index contributed by atoms with van der Waals surface area (Å²) in [5, 5.41) is 0. The highest BCUT2D eigenvalue weighted by atomic mass is 16.5. The van der Waals surface area contributed by atoms with Crippen LogP contribution in [-0.4, -0.2) is 7.11 Å². The minimum absolute atomic E-state index is 0.831. The highest BCUT2D eigenvalue weighted by Gasteiger charge is 2.00. The van der Waals surface area contributed by atoms with E-state index < -0.39 is 0 Å². The van der Waals surface area contributed by atoms with Gasteiger partial charge in [-0.05, 0) is 47.9 Å². The van der Waals surface area contributed by atoms with Gasteiger partial charge >= 0.3 is 0 Å². The number of nitrogens with two attached hydrogens (primary N) is 1. The van der Waals surface area contributed by atoms with Crippen LogP contribution in [0, 0.1) is 6.92 Å². The van der Waals surface area contributed by atoms with E-state index in [-0.39, 0.29) is 0 Å². The average Bonchev–Trinajstić information content (AvgIpc) is 2.33. The summed E-state index contributed by atoms with van der Waals surface area (Å²) < 4.78 is 5.13. The first kappa shape index (κ1) is 10.6. The zero-order chi connectivity index (χ0) is 11.5. The van der Waals surface area contributed by atoms with Gasteiger partial charge in [0.25, 0.3) is 0 Å². The van der Waals surface area contributed by atoms with E-state index in [9.17, 15) is 0 Å². The molecule has 0 aliphatic heterocycles. The first-order chi connectivity index (χ1) is 7.70. The lowest BCUT2D eigenvalue weighted by Gasteiger charge is -2.06. The molecular weight excluding hydrogens is 198 g/mol. The zero-order valence-corrected chi connectivity index (χ0v) is 9.53. The molecular formula is C14H15NO. The van der Waals surface area contributed by atoms with Crippen molar-refractivity contribution < 1.29 is 4.74 Å². The van der Waals surface area contributed by atoms with Gasteiger partial charge in [-0.25, -0.2) is 0 Å². The molecule has 0 radical (unpaired) electrons. The molecule has 2 aromatic carbocycles. The van der Waals surface area contributed by atoms with E-state index in [1.165, 1.54) is 11.1 Å². The Hall–Kier alpha value is -1.96. The number of anilines is 1. The van der Waals surface area contributed by atoms with Gasteiger partial charge in [0.2, 0.25) is 0 Å². The number of hydrogen-bond acceptors (Lipinski definition) is 2. The summed E-state index contributed by atoms with van der Waals surface area (Å²) >= 11 is 0. The Morgan fingerprint density at radius 3 is 2.12 bits per heavy atom. The van der Waals surface area contributed by atoms with Crippen molar-refractivity contribution in [3.8, 4) is 16.9 Å². The van der Waals surface area contributed by atoms with Crippen molar-refractivity contribution in [2.45, 2.75) is 6.92 Å². The Morgan fingerprint density at radius 2 is 1.56 bits per heavy atom. The minimum Gasteiger partial charge on any atom is -0.497 e. The Bertz CT molecular complexity index is 489. The maximum Gasteiger partial charge on any atom is 0.118 e. The van der Waals surface area contributed by atoms with Crippen LogP contribution in [0.2, 0.25) is 0 Å². The maximum absolute atomic E-state index is 5.79. The molecule has 16 heavy (non-hydrogen) atoms. The summed E-state index contributed by atoms with van der Waals surface area (Å²) in [4.78, 5) is 0. The SMILES string of the molecule is COc1ccc(-c2ccc(N)c(C)c2)cc1. The quantitative estimate of drug-likeness (QED) is 0.777. The number of methoxy groups -OCH3 is 1. The van der Waals surface area contributed by atoms with E-state index in [4.69, 9.17) is 10.5 Å². The van der Waals surface area contributed by atoms with Crippen LogP contribution < -0.4 is 10.5 Å². The van der Waals surface area contributed by atoms with Crippen LogP contribution in [0.25, 0.3) is 11.1 Å². The maximum atomic E-state index is 5.79. The van der Waals surface area contributed by atoms with E-state index in [1.54, 1.807) is 7.11 Å². The van der Waals surface area contributed by atoms with Gasteiger partial charge in [-0.15, -0.1) is 0 Å². The molecule has 0 aliphatic carbocycles. The molecule has 0 saturated heterocycles. The smallest absolute Gasteiger partial charge is 0.118 e. The summed E-state index contributed by atoms with van der Waals surface area (Å²) in [5.41, 5.74) is 10.1. The number of nitrogen functional groups attached to an aromatic ring is 1. The van der Waals surface area contributed by atoms with Crippen LogP contribution in [0.15, 0.2) is 42.5 Å². The normalized spacial score (nSPS) is 10.1. The van der Waals surface area contributed by atoms with Crippen LogP contribution in [0.1, 0.15) is 5.56 Å². The summed E-state index contributed by atoms with van der Waals surface area (Å²) in [5.74, 6) is 0.871. The largest absolute Gasteiger partial charge is 0.497 e. The molecule has 0 heterocycles. The van der Waals surface area contributed by atoms with Gasteiger partial charge in [-0.3, -0.25) is 0 Å². The van der Waals surface area contributed by atoms with Crippen molar-refractivity contribution in [3.05, 3.63) is 48.0 Å².